The van der Waals surface area contributed by atoms with Crippen LogP contribution in [0, 0.1) is 5.92 Å². The SMILES string of the molecule is CC(Oc1ccc(C(=O)c2ccc(Cn3cnc4c3c(=O)n(C)c(=O)n4C)cc2)cc1)C1CCNCC1.Cl. The summed E-state index contributed by atoms with van der Waals surface area (Å²) in [6.45, 7) is 4.56. The number of ketones is 1. The van der Waals surface area contributed by atoms with Crippen LogP contribution >= 0.6 is 12.4 Å². The molecule has 3 heterocycles. The maximum atomic E-state index is 13.0. The first-order valence-corrected chi connectivity index (χ1v) is 12.6. The smallest absolute Gasteiger partial charge is 0.332 e. The number of hydrogen-bond acceptors (Lipinski definition) is 6. The van der Waals surface area contributed by atoms with E-state index in [4.69, 9.17) is 4.74 Å². The monoisotopic (exact) mass is 537 g/mol. The molecule has 1 aliphatic heterocycles. The number of piperidine rings is 1. The zero-order chi connectivity index (χ0) is 26.1. The Morgan fingerprint density at radius 2 is 1.61 bits per heavy atom. The van der Waals surface area contributed by atoms with Gasteiger partial charge in [-0.3, -0.25) is 18.7 Å². The Morgan fingerprint density at radius 3 is 2.24 bits per heavy atom. The number of nitrogens with zero attached hydrogens (tertiary/aromatic N) is 4. The van der Waals surface area contributed by atoms with Crippen LogP contribution in [0.25, 0.3) is 11.2 Å². The Morgan fingerprint density at radius 1 is 1.00 bits per heavy atom. The molecule has 10 heteroatoms. The molecule has 200 valence electrons. The predicted octanol–water partition coefficient (Wildman–Crippen LogP) is 2.90. The standard InChI is InChI=1S/C28H31N5O4.ClH/c1-18(20-12-14-29-15-13-20)37-23-10-8-22(9-11-23)25(34)21-6-4-19(5-7-21)16-33-17-30-26-24(33)27(35)32(3)28(36)31(26)2;/h4-11,17-18,20,29H,12-16H2,1-3H3;1H. The molecular formula is C28H32ClN5O4. The van der Waals surface area contributed by atoms with Gasteiger partial charge >= 0.3 is 5.69 Å². The number of ether oxygens (including phenoxy) is 1. The van der Waals surface area contributed by atoms with Gasteiger partial charge in [-0.25, -0.2) is 9.78 Å². The number of imidazole rings is 1. The molecule has 5 rings (SSSR count). The summed E-state index contributed by atoms with van der Waals surface area (Å²) in [6.07, 6.45) is 3.91. The summed E-state index contributed by atoms with van der Waals surface area (Å²) >= 11 is 0. The van der Waals surface area contributed by atoms with Crippen molar-refractivity contribution in [2.75, 3.05) is 13.1 Å². The lowest BCUT2D eigenvalue weighted by Gasteiger charge is -2.28. The molecule has 0 saturated carbocycles. The van der Waals surface area contributed by atoms with Crippen molar-refractivity contribution in [1.82, 2.24) is 24.0 Å². The van der Waals surface area contributed by atoms with E-state index in [1.807, 2.05) is 24.3 Å². The third kappa shape index (κ3) is 5.30. The highest BCUT2D eigenvalue weighted by atomic mass is 35.5. The van der Waals surface area contributed by atoms with Crippen LogP contribution in [0.1, 0.15) is 41.3 Å². The average Bonchev–Trinajstić information content (AvgIpc) is 3.35. The van der Waals surface area contributed by atoms with E-state index in [2.05, 4.69) is 17.2 Å². The minimum atomic E-state index is -0.415. The fraction of sp³-hybridized carbons (Fsp3) is 0.357. The van der Waals surface area contributed by atoms with Gasteiger partial charge in [-0.2, -0.15) is 0 Å². The molecule has 0 spiro atoms. The van der Waals surface area contributed by atoms with Crippen molar-refractivity contribution in [3.63, 3.8) is 0 Å². The fourth-order valence-corrected chi connectivity index (χ4v) is 4.95. The predicted molar refractivity (Wildman–Crippen MR) is 149 cm³/mol. The molecule has 1 saturated heterocycles. The highest BCUT2D eigenvalue weighted by Gasteiger charge is 2.21. The van der Waals surface area contributed by atoms with Gasteiger partial charge in [0, 0.05) is 31.8 Å². The van der Waals surface area contributed by atoms with Crippen LogP contribution in [0.4, 0.5) is 0 Å². The Kier molecular flexibility index (Phi) is 8.18. The van der Waals surface area contributed by atoms with Gasteiger partial charge in [-0.05, 0) is 68.6 Å². The van der Waals surface area contributed by atoms with Crippen molar-refractivity contribution in [3.05, 3.63) is 92.4 Å². The molecule has 0 bridgehead atoms. The first kappa shape index (κ1) is 27.3. The van der Waals surface area contributed by atoms with E-state index in [0.29, 0.717) is 34.8 Å². The number of carbonyl (C=O) groups excluding carboxylic acids is 1. The Labute approximate surface area is 226 Å². The summed E-state index contributed by atoms with van der Waals surface area (Å²) in [7, 11) is 3.05. The maximum absolute atomic E-state index is 13.0. The van der Waals surface area contributed by atoms with Crippen molar-refractivity contribution in [3.8, 4) is 5.75 Å². The number of aryl methyl sites for hydroxylation is 1. The van der Waals surface area contributed by atoms with Crippen molar-refractivity contribution < 1.29 is 9.53 Å². The first-order chi connectivity index (χ1) is 17.8. The lowest BCUT2D eigenvalue weighted by molar-refractivity contribution is 0.103. The second-order valence-electron chi connectivity index (χ2n) is 9.71. The lowest BCUT2D eigenvalue weighted by Crippen LogP contribution is -2.37. The average molecular weight is 538 g/mol. The minimum absolute atomic E-state index is 0. The topological polar surface area (TPSA) is 100 Å². The van der Waals surface area contributed by atoms with E-state index in [9.17, 15) is 14.4 Å². The molecule has 1 atom stereocenters. The molecule has 38 heavy (non-hydrogen) atoms. The zero-order valence-corrected chi connectivity index (χ0v) is 22.5. The molecule has 0 radical (unpaired) electrons. The number of benzene rings is 2. The second kappa shape index (κ2) is 11.4. The number of hydrogen-bond donors (Lipinski definition) is 1. The van der Waals surface area contributed by atoms with E-state index in [-0.39, 0.29) is 29.9 Å². The number of fused-ring (bicyclic) bond motifs is 1. The van der Waals surface area contributed by atoms with Gasteiger partial charge in [0.15, 0.2) is 16.9 Å². The van der Waals surface area contributed by atoms with E-state index < -0.39 is 5.69 Å². The van der Waals surface area contributed by atoms with Crippen LogP contribution < -0.4 is 21.3 Å². The number of nitrogens with one attached hydrogen (secondary N) is 1. The molecule has 1 unspecified atom stereocenters. The number of halogens is 1. The van der Waals surface area contributed by atoms with Gasteiger partial charge < -0.3 is 14.6 Å². The van der Waals surface area contributed by atoms with Gasteiger partial charge in [0.2, 0.25) is 0 Å². The normalized spacial score (nSPS) is 14.7. The van der Waals surface area contributed by atoms with E-state index >= 15 is 0 Å². The van der Waals surface area contributed by atoms with Crippen LogP contribution in [0.15, 0.2) is 64.4 Å². The van der Waals surface area contributed by atoms with Gasteiger partial charge in [-0.1, -0.05) is 24.3 Å². The lowest BCUT2D eigenvalue weighted by atomic mass is 9.93. The van der Waals surface area contributed by atoms with Gasteiger partial charge in [0.05, 0.1) is 12.4 Å². The Hall–Kier alpha value is -3.69. The third-order valence-corrected chi connectivity index (χ3v) is 7.27. The molecule has 1 N–H and O–H groups in total. The number of rotatable bonds is 7. The fourth-order valence-electron chi connectivity index (χ4n) is 4.95. The van der Waals surface area contributed by atoms with Gasteiger partial charge in [0.25, 0.3) is 5.56 Å². The molecule has 1 fully saturated rings. The zero-order valence-electron chi connectivity index (χ0n) is 21.7. The van der Waals surface area contributed by atoms with Crippen molar-refractivity contribution >= 4 is 29.4 Å². The van der Waals surface area contributed by atoms with Crippen molar-refractivity contribution in [2.45, 2.75) is 32.4 Å². The molecule has 2 aromatic heterocycles. The summed E-state index contributed by atoms with van der Waals surface area (Å²) in [5.41, 5.74) is 1.98. The minimum Gasteiger partial charge on any atom is -0.490 e. The molecule has 4 aromatic rings. The number of carbonyl (C=O) groups is 1. The van der Waals surface area contributed by atoms with Crippen LogP contribution in [0.5, 0.6) is 5.75 Å². The van der Waals surface area contributed by atoms with Crippen LogP contribution in [-0.4, -0.2) is 43.7 Å². The number of aromatic nitrogens is 4. The largest absolute Gasteiger partial charge is 0.490 e. The summed E-state index contributed by atoms with van der Waals surface area (Å²) < 4.78 is 10.3. The molecule has 1 aliphatic rings. The summed E-state index contributed by atoms with van der Waals surface area (Å²) in [6, 6.07) is 14.6. The summed E-state index contributed by atoms with van der Waals surface area (Å²) in [5, 5.41) is 3.38. The third-order valence-electron chi connectivity index (χ3n) is 7.27. The van der Waals surface area contributed by atoms with Crippen LogP contribution in [0.2, 0.25) is 0 Å². The van der Waals surface area contributed by atoms with E-state index in [1.54, 1.807) is 42.2 Å². The Bertz CT molecular complexity index is 1550. The first-order valence-electron chi connectivity index (χ1n) is 12.6. The van der Waals surface area contributed by atoms with E-state index in [1.165, 1.54) is 11.6 Å². The summed E-state index contributed by atoms with van der Waals surface area (Å²) in [4.78, 5) is 42.1. The molecule has 9 nitrogen and oxygen atoms in total. The molecule has 2 aromatic carbocycles. The van der Waals surface area contributed by atoms with Crippen LogP contribution in [-0.2, 0) is 20.6 Å². The maximum Gasteiger partial charge on any atom is 0.332 e. The van der Waals surface area contributed by atoms with Gasteiger partial charge in [-0.15, -0.1) is 12.4 Å². The van der Waals surface area contributed by atoms with Crippen LogP contribution in [0.3, 0.4) is 0 Å². The van der Waals surface area contributed by atoms with Crippen molar-refractivity contribution in [2.24, 2.45) is 20.0 Å². The van der Waals surface area contributed by atoms with Gasteiger partial charge in [0.1, 0.15) is 5.75 Å². The highest BCUT2D eigenvalue weighted by Crippen LogP contribution is 2.23. The molecular weight excluding hydrogens is 506 g/mol. The quantitative estimate of drug-likeness (QED) is 0.364. The Balaban J connectivity index is 0.00000336. The highest BCUT2D eigenvalue weighted by molar-refractivity contribution is 6.09. The summed E-state index contributed by atoms with van der Waals surface area (Å²) in [5.74, 6) is 1.24. The van der Waals surface area contributed by atoms with Crippen molar-refractivity contribution in [1.29, 1.82) is 0 Å². The van der Waals surface area contributed by atoms with E-state index in [0.717, 1.165) is 41.8 Å². The molecule has 0 aliphatic carbocycles. The second-order valence-corrected chi connectivity index (χ2v) is 9.71. The molecule has 0 amide bonds.